The standard InChI is InChI=1S/C23H29FN2O/c1-16(2)26-13-11-23(12-14-26)20-6-4-3-5-19(20)21(22(23)27)25-15-17-7-9-18(24)10-8-17/h3-10,16,21-22,25,27H,11-15H2,1-2H3. The van der Waals surface area contributed by atoms with Crippen molar-refractivity contribution in [2.45, 2.75) is 56.8 Å². The number of nitrogens with zero attached hydrogens (tertiary/aromatic N) is 1. The Balaban J connectivity index is 1.56. The van der Waals surface area contributed by atoms with Crippen molar-refractivity contribution in [3.05, 3.63) is 71.0 Å². The number of halogens is 1. The predicted octanol–water partition coefficient (Wildman–Crippen LogP) is 3.77. The highest BCUT2D eigenvalue weighted by atomic mass is 19.1. The molecule has 4 heteroatoms. The third-order valence-corrected chi connectivity index (χ3v) is 6.57. The second kappa shape index (κ2) is 7.34. The quantitative estimate of drug-likeness (QED) is 0.862. The van der Waals surface area contributed by atoms with Crippen LogP contribution < -0.4 is 5.32 Å². The van der Waals surface area contributed by atoms with Crippen LogP contribution in [0, 0.1) is 5.82 Å². The van der Waals surface area contributed by atoms with Crippen LogP contribution in [0.25, 0.3) is 0 Å². The van der Waals surface area contributed by atoms with E-state index in [-0.39, 0.29) is 17.3 Å². The van der Waals surface area contributed by atoms with Gasteiger partial charge in [-0.1, -0.05) is 36.4 Å². The largest absolute Gasteiger partial charge is 0.390 e. The average molecular weight is 368 g/mol. The molecule has 3 nitrogen and oxygen atoms in total. The van der Waals surface area contributed by atoms with Crippen LogP contribution in [-0.4, -0.2) is 35.2 Å². The molecule has 2 unspecified atom stereocenters. The third-order valence-electron chi connectivity index (χ3n) is 6.57. The number of nitrogens with one attached hydrogen (secondary N) is 1. The van der Waals surface area contributed by atoms with Gasteiger partial charge in [0.15, 0.2) is 0 Å². The van der Waals surface area contributed by atoms with Gasteiger partial charge in [0.1, 0.15) is 5.82 Å². The molecule has 1 aliphatic carbocycles. The van der Waals surface area contributed by atoms with E-state index in [0.29, 0.717) is 12.6 Å². The van der Waals surface area contributed by atoms with Crippen LogP contribution in [0.1, 0.15) is 49.4 Å². The first-order chi connectivity index (χ1) is 13.0. The number of aliphatic hydroxyl groups excluding tert-OH is 1. The summed E-state index contributed by atoms with van der Waals surface area (Å²) in [6.45, 7) is 7.14. The van der Waals surface area contributed by atoms with Crippen LogP contribution in [0.2, 0.25) is 0 Å². The lowest BCUT2D eigenvalue weighted by Crippen LogP contribution is -2.50. The van der Waals surface area contributed by atoms with Crippen molar-refractivity contribution in [1.82, 2.24) is 10.2 Å². The number of piperidine rings is 1. The van der Waals surface area contributed by atoms with Crippen molar-refractivity contribution in [2.24, 2.45) is 0 Å². The lowest BCUT2D eigenvalue weighted by molar-refractivity contribution is 0.0144. The SMILES string of the molecule is CC(C)N1CCC2(CC1)c1ccccc1C(NCc1ccc(F)cc1)C2O. The fraction of sp³-hybridized carbons (Fsp3) is 0.478. The highest BCUT2D eigenvalue weighted by Gasteiger charge is 2.52. The smallest absolute Gasteiger partial charge is 0.123 e. The molecule has 1 aliphatic heterocycles. The molecule has 2 aromatic rings. The van der Waals surface area contributed by atoms with Crippen molar-refractivity contribution in [3.63, 3.8) is 0 Å². The zero-order valence-corrected chi connectivity index (χ0v) is 16.2. The van der Waals surface area contributed by atoms with Gasteiger partial charge in [0.25, 0.3) is 0 Å². The maximum Gasteiger partial charge on any atom is 0.123 e. The van der Waals surface area contributed by atoms with Gasteiger partial charge >= 0.3 is 0 Å². The van der Waals surface area contributed by atoms with Crippen LogP contribution in [0.15, 0.2) is 48.5 Å². The molecule has 144 valence electrons. The third kappa shape index (κ3) is 3.31. The maximum atomic E-state index is 13.1. The Hall–Kier alpha value is -1.75. The molecule has 1 spiro atoms. The van der Waals surface area contributed by atoms with Gasteiger partial charge < -0.3 is 15.3 Å². The average Bonchev–Trinajstić information content (AvgIpc) is 2.90. The molecule has 0 radical (unpaired) electrons. The number of rotatable bonds is 4. The summed E-state index contributed by atoms with van der Waals surface area (Å²) in [6.07, 6.45) is 1.53. The summed E-state index contributed by atoms with van der Waals surface area (Å²) in [4.78, 5) is 2.50. The van der Waals surface area contributed by atoms with Crippen molar-refractivity contribution < 1.29 is 9.50 Å². The minimum atomic E-state index is -0.440. The van der Waals surface area contributed by atoms with Gasteiger partial charge in [-0.25, -0.2) is 4.39 Å². The summed E-state index contributed by atoms with van der Waals surface area (Å²) >= 11 is 0. The van der Waals surface area contributed by atoms with E-state index in [4.69, 9.17) is 0 Å². The molecular formula is C23H29FN2O. The molecule has 1 fully saturated rings. The Morgan fingerprint density at radius 3 is 2.44 bits per heavy atom. The molecule has 0 bridgehead atoms. The summed E-state index contributed by atoms with van der Waals surface area (Å²) in [5, 5.41) is 14.9. The van der Waals surface area contributed by atoms with Crippen LogP contribution in [0.3, 0.4) is 0 Å². The lowest BCUT2D eigenvalue weighted by Gasteiger charge is -2.44. The van der Waals surface area contributed by atoms with E-state index in [9.17, 15) is 9.50 Å². The monoisotopic (exact) mass is 368 g/mol. The van der Waals surface area contributed by atoms with Gasteiger partial charge in [-0.15, -0.1) is 0 Å². The molecule has 2 aromatic carbocycles. The van der Waals surface area contributed by atoms with Crippen LogP contribution >= 0.6 is 0 Å². The van der Waals surface area contributed by atoms with Crippen LogP contribution in [-0.2, 0) is 12.0 Å². The Morgan fingerprint density at radius 1 is 1.11 bits per heavy atom. The number of hydrogen-bond donors (Lipinski definition) is 2. The second-order valence-corrected chi connectivity index (χ2v) is 8.30. The predicted molar refractivity (Wildman–Crippen MR) is 106 cm³/mol. The Morgan fingerprint density at radius 2 is 1.78 bits per heavy atom. The fourth-order valence-electron chi connectivity index (χ4n) is 4.93. The Kier molecular flexibility index (Phi) is 5.06. The van der Waals surface area contributed by atoms with E-state index in [2.05, 4.69) is 48.3 Å². The molecule has 2 aliphatic rings. The highest BCUT2D eigenvalue weighted by molar-refractivity contribution is 5.45. The number of likely N-dealkylation sites (tertiary alicyclic amines) is 1. The fourth-order valence-corrected chi connectivity index (χ4v) is 4.93. The zero-order chi connectivity index (χ0) is 19.0. The minimum Gasteiger partial charge on any atom is -0.390 e. The van der Waals surface area contributed by atoms with Crippen molar-refractivity contribution >= 4 is 0 Å². The molecule has 27 heavy (non-hydrogen) atoms. The van der Waals surface area contributed by atoms with E-state index in [1.54, 1.807) is 12.1 Å². The van der Waals surface area contributed by atoms with Gasteiger partial charge in [-0.2, -0.15) is 0 Å². The van der Waals surface area contributed by atoms with Crippen molar-refractivity contribution in [2.75, 3.05) is 13.1 Å². The van der Waals surface area contributed by atoms with E-state index >= 15 is 0 Å². The topological polar surface area (TPSA) is 35.5 Å². The maximum absolute atomic E-state index is 13.1. The molecule has 2 N–H and O–H groups in total. The summed E-state index contributed by atoms with van der Waals surface area (Å²) < 4.78 is 13.1. The normalized spacial score (nSPS) is 24.5. The van der Waals surface area contributed by atoms with Gasteiger partial charge in [0, 0.05) is 18.0 Å². The summed E-state index contributed by atoms with van der Waals surface area (Å²) in [7, 11) is 0. The Labute approximate surface area is 161 Å². The number of hydrogen-bond acceptors (Lipinski definition) is 3. The molecule has 0 amide bonds. The zero-order valence-electron chi connectivity index (χ0n) is 16.2. The Bertz CT molecular complexity index is 781. The summed E-state index contributed by atoms with van der Waals surface area (Å²) in [5.41, 5.74) is 3.38. The van der Waals surface area contributed by atoms with Crippen LogP contribution in [0.4, 0.5) is 4.39 Å². The lowest BCUT2D eigenvalue weighted by atomic mass is 9.72. The first-order valence-electron chi connectivity index (χ1n) is 10.0. The summed E-state index contributed by atoms with van der Waals surface area (Å²) in [6, 6.07) is 15.5. The molecule has 0 aromatic heterocycles. The van der Waals surface area contributed by atoms with Gasteiger partial charge in [0.2, 0.25) is 0 Å². The molecule has 2 atom stereocenters. The van der Waals surface area contributed by atoms with Gasteiger partial charge in [-0.05, 0) is 68.6 Å². The van der Waals surface area contributed by atoms with E-state index < -0.39 is 6.10 Å². The number of aliphatic hydroxyl groups is 1. The molecule has 1 saturated heterocycles. The molecule has 4 rings (SSSR count). The molecule has 1 heterocycles. The first kappa shape index (κ1) is 18.6. The minimum absolute atomic E-state index is 0.0862. The number of fused-ring (bicyclic) bond motifs is 2. The number of benzene rings is 2. The molecular weight excluding hydrogens is 339 g/mol. The molecule has 0 saturated carbocycles. The first-order valence-corrected chi connectivity index (χ1v) is 10.0. The van der Waals surface area contributed by atoms with Crippen molar-refractivity contribution in [1.29, 1.82) is 0 Å². The summed E-state index contributed by atoms with van der Waals surface area (Å²) in [5.74, 6) is -0.221. The van der Waals surface area contributed by atoms with Gasteiger partial charge in [0.05, 0.1) is 12.1 Å². The van der Waals surface area contributed by atoms with E-state index in [1.807, 2.05) is 0 Å². The van der Waals surface area contributed by atoms with Gasteiger partial charge in [-0.3, -0.25) is 0 Å². The van der Waals surface area contributed by atoms with E-state index in [0.717, 1.165) is 31.5 Å². The highest BCUT2D eigenvalue weighted by Crippen LogP contribution is 2.51. The van der Waals surface area contributed by atoms with Crippen LogP contribution in [0.5, 0.6) is 0 Å². The van der Waals surface area contributed by atoms with Crippen molar-refractivity contribution in [3.8, 4) is 0 Å². The van der Waals surface area contributed by atoms with E-state index in [1.165, 1.54) is 23.3 Å². The second-order valence-electron chi connectivity index (χ2n) is 8.30.